The molecule has 0 aromatic heterocycles. The maximum Gasteiger partial charge on any atom is 0.245 e. The van der Waals surface area contributed by atoms with E-state index in [1.54, 1.807) is 17.0 Å². The van der Waals surface area contributed by atoms with Gasteiger partial charge in [-0.05, 0) is 47.9 Å². The van der Waals surface area contributed by atoms with Gasteiger partial charge >= 0.3 is 0 Å². The Balaban J connectivity index is 1.35. The number of nitrogens with zero attached hydrogens (tertiary/aromatic N) is 2. The minimum absolute atomic E-state index is 0.0517. The molecule has 1 atom stereocenters. The van der Waals surface area contributed by atoms with Gasteiger partial charge in [-0.2, -0.15) is 5.10 Å². The lowest BCUT2D eigenvalue weighted by Crippen LogP contribution is -2.30. The molecule has 2 amide bonds. The summed E-state index contributed by atoms with van der Waals surface area (Å²) in [6.07, 6.45) is 2.67. The second-order valence-corrected chi connectivity index (χ2v) is 6.77. The lowest BCUT2D eigenvalue weighted by molar-refractivity contribution is -0.126. The average Bonchev–Trinajstić information content (AvgIpc) is 3.34. The van der Waals surface area contributed by atoms with E-state index < -0.39 is 5.92 Å². The van der Waals surface area contributed by atoms with Crippen LogP contribution in [0.2, 0.25) is 0 Å². The normalized spacial score (nSPS) is 18.1. The van der Waals surface area contributed by atoms with Crippen LogP contribution in [0.3, 0.4) is 0 Å². The number of hydrazone groups is 1. The summed E-state index contributed by atoms with van der Waals surface area (Å²) < 4.78 is 10.6. The molecule has 2 heterocycles. The summed E-state index contributed by atoms with van der Waals surface area (Å²) in [5, 5.41) is 4.01. The number of hydrogen-bond acceptors (Lipinski definition) is 5. The average molecular weight is 379 g/mol. The lowest BCUT2D eigenvalue weighted by Gasteiger charge is -2.16. The summed E-state index contributed by atoms with van der Waals surface area (Å²) in [5.74, 6) is 0.605. The van der Waals surface area contributed by atoms with Crippen LogP contribution in [-0.4, -0.2) is 31.4 Å². The Kier molecular flexibility index (Phi) is 4.97. The van der Waals surface area contributed by atoms with Gasteiger partial charge in [-0.25, -0.2) is 5.43 Å². The number of carbonyl (C=O) groups excluding carboxylic acids is 2. The first kappa shape index (κ1) is 18.0. The highest BCUT2D eigenvalue weighted by molar-refractivity contribution is 6.00. The first-order chi connectivity index (χ1) is 13.6. The molecule has 7 nitrogen and oxygen atoms in total. The number of benzene rings is 2. The lowest BCUT2D eigenvalue weighted by atomic mass is 10.1. The highest BCUT2D eigenvalue weighted by Gasteiger charge is 2.35. The first-order valence-electron chi connectivity index (χ1n) is 9.26. The van der Waals surface area contributed by atoms with Crippen molar-refractivity contribution in [1.82, 2.24) is 5.43 Å². The number of rotatable bonds is 5. The molecule has 4 rings (SSSR count). The molecule has 28 heavy (non-hydrogen) atoms. The minimum Gasteiger partial charge on any atom is -0.454 e. The third-order valence-electron chi connectivity index (χ3n) is 4.94. The van der Waals surface area contributed by atoms with Gasteiger partial charge in [0, 0.05) is 18.7 Å². The number of hydrogen-bond donors (Lipinski definition) is 1. The van der Waals surface area contributed by atoms with Crippen molar-refractivity contribution in [3.05, 3.63) is 53.6 Å². The van der Waals surface area contributed by atoms with Crippen molar-refractivity contribution in [2.75, 3.05) is 18.2 Å². The molecule has 1 fully saturated rings. The molecule has 0 aliphatic carbocycles. The number of carbonyl (C=O) groups is 2. The number of aryl methyl sites for hydroxylation is 1. The maximum atomic E-state index is 12.4. The van der Waals surface area contributed by atoms with Crippen LogP contribution in [0.25, 0.3) is 0 Å². The van der Waals surface area contributed by atoms with Crippen LogP contribution in [0.5, 0.6) is 11.5 Å². The molecule has 0 unspecified atom stereocenters. The zero-order chi connectivity index (χ0) is 19.5. The maximum absolute atomic E-state index is 12.4. The molecule has 0 saturated carbocycles. The topological polar surface area (TPSA) is 80.2 Å². The van der Waals surface area contributed by atoms with Crippen LogP contribution in [0.4, 0.5) is 5.69 Å². The Morgan fingerprint density at radius 1 is 1.21 bits per heavy atom. The second kappa shape index (κ2) is 7.72. The molecular weight excluding hydrogens is 358 g/mol. The molecule has 7 heteroatoms. The molecule has 2 aromatic rings. The predicted molar refractivity (Wildman–Crippen MR) is 105 cm³/mol. The van der Waals surface area contributed by atoms with E-state index in [4.69, 9.17) is 9.47 Å². The summed E-state index contributed by atoms with van der Waals surface area (Å²) in [5.41, 5.74) is 5.34. The number of ether oxygens (including phenoxy) is 2. The van der Waals surface area contributed by atoms with Crippen LogP contribution >= 0.6 is 0 Å². The van der Waals surface area contributed by atoms with Crippen LogP contribution in [-0.2, 0) is 16.0 Å². The van der Waals surface area contributed by atoms with Gasteiger partial charge in [0.2, 0.25) is 18.6 Å². The van der Waals surface area contributed by atoms with Crippen LogP contribution in [0.15, 0.2) is 47.6 Å². The minimum atomic E-state index is -0.424. The Hall–Kier alpha value is -3.35. The van der Waals surface area contributed by atoms with Crippen molar-refractivity contribution in [3.8, 4) is 11.5 Å². The first-order valence-corrected chi connectivity index (χ1v) is 9.26. The van der Waals surface area contributed by atoms with Gasteiger partial charge in [0.15, 0.2) is 11.5 Å². The van der Waals surface area contributed by atoms with Gasteiger partial charge in [-0.1, -0.05) is 19.1 Å². The van der Waals surface area contributed by atoms with E-state index >= 15 is 0 Å². The standard InChI is InChI=1S/C21H21N3O4/c1-2-14-3-6-17(7-4-14)24-12-16(10-20(24)25)21(26)23-22-11-15-5-8-18-19(9-15)28-13-27-18/h3-9,11,16H,2,10,12-13H2,1H3,(H,23,26)/b22-11+/t16-/m0/s1. The Bertz CT molecular complexity index is 924. The zero-order valence-corrected chi connectivity index (χ0v) is 15.6. The summed E-state index contributed by atoms with van der Waals surface area (Å²) in [4.78, 5) is 26.4. The molecule has 2 aromatic carbocycles. The van der Waals surface area contributed by atoms with Crippen molar-refractivity contribution in [2.24, 2.45) is 11.0 Å². The Labute approximate surface area is 162 Å². The van der Waals surface area contributed by atoms with E-state index in [1.807, 2.05) is 30.3 Å². The molecule has 0 spiro atoms. The molecule has 1 saturated heterocycles. The third kappa shape index (κ3) is 3.69. The smallest absolute Gasteiger partial charge is 0.245 e. The summed E-state index contributed by atoms with van der Waals surface area (Å²) in [6.45, 7) is 2.65. The van der Waals surface area contributed by atoms with Gasteiger partial charge in [0.1, 0.15) is 0 Å². The van der Waals surface area contributed by atoms with Crippen molar-refractivity contribution < 1.29 is 19.1 Å². The fraction of sp³-hybridized carbons (Fsp3) is 0.286. The zero-order valence-electron chi connectivity index (χ0n) is 15.6. The summed E-state index contributed by atoms with van der Waals surface area (Å²) in [7, 11) is 0. The third-order valence-corrected chi connectivity index (χ3v) is 4.94. The monoisotopic (exact) mass is 379 g/mol. The fourth-order valence-electron chi connectivity index (χ4n) is 3.30. The van der Waals surface area contributed by atoms with Crippen LogP contribution in [0, 0.1) is 5.92 Å². The molecule has 0 bridgehead atoms. The molecule has 2 aliphatic rings. The number of fused-ring (bicyclic) bond motifs is 1. The van der Waals surface area contributed by atoms with Gasteiger partial charge in [-0.15, -0.1) is 0 Å². The largest absolute Gasteiger partial charge is 0.454 e. The number of anilines is 1. The van der Waals surface area contributed by atoms with Crippen molar-refractivity contribution in [3.63, 3.8) is 0 Å². The molecule has 0 radical (unpaired) electrons. The van der Waals surface area contributed by atoms with Gasteiger partial charge in [-0.3, -0.25) is 9.59 Å². The van der Waals surface area contributed by atoms with E-state index in [1.165, 1.54) is 11.8 Å². The van der Waals surface area contributed by atoms with Crippen LogP contribution in [0.1, 0.15) is 24.5 Å². The predicted octanol–water partition coefficient (Wildman–Crippen LogP) is 2.48. The SMILES string of the molecule is CCc1ccc(N2C[C@@H](C(=O)N/N=C/c3ccc4c(c3)OCO4)CC2=O)cc1. The fourth-order valence-corrected chi connectivity index (χ4v) is 3.30. The molecule has 1 N–H and O–H groups in total. The Morgan fingerprint density at radius 3 is 2.79 bits per heavy atom. The number of nitrogens with one attached hydrogen (secondary N) is 1. The van der Waals surface area contributed by atoms with Crippen LogP contribution < -0.4 is 19.8 Å². The van der Waals surface area contributed by atoms with E-state index in [0.717, 1.165) is 17.7 Å². The quantitative estimate of drug-likeness (QED) is 0.639. The van der Waals surface area contributed by atoms with Gasteiger partial charge in [0.05, 0.1) is 12.1 Å². The van der Waals surface area contributed by atoms with Crippen molar-refractivity contribution in [1.29, 1.82) is 0 Å². The van der Waals surface area contributed by atoms with E-state index in [9.17, 15) is 9.59 Å². The van der Waals surface area contributed by atoms with Gasteiger partial charge < -0.3 is 14.4 Å². The van der Waals surface area contributed by atoms with Gasteiger partial charge in [0.25, 0.3) is 0 Å². The highest BCUT2D eigenvalue weighted by atomic mass is 16.7. The highest BCUT2D eigenvalue weighted by Crippen LogP contribution is 2.32. The second-order valence-electron chi connectivity index (χ2n) is 6.77. The van der Waals surface area contributed by atoms with Crippen molar-refractivity contribution >= 4 is 23.7 Å². The summed E-state index contributed by atoms with van der Waals surface area (Å²) >= 11 is 0. The molecule has 2 aliphatic heterocycles. The van der Waals surface area contributed by atoms with Crippen molar-refractivity contribution in [2.45, 2.75) is 19.8 Å². The number of amides is 2. The summed E-state index contributed by atoms with van der Waals surface area (Å²) in [6, 6.07) is 13.3. The molecular formula is C21H21N3O4. The van der Waals surface area contributed by atoms with E-state index in [-0.39, 0.29) is 25.0 Å². The van der Waals surface area contributed by atoms with E-state index in [2.05, 4.69) is 17.5 Å². The molecule has 144 valence electrons. The van der Waals surface area contributed by atoms with E-state index in [0.29, 0.717) is 18.0 Å². The Morgan fingerprint density at radius 2 is 2.00 bits per heavy atom.